The van der Waals surface area contributed by atoms with E-state index in [1.807, 2.05) is 35.7 Å². The normalized spacial score (nSPS) is 10.2. The van der Waals surface area contributed by atoms with Crippen LogP contribution in [0.3, 0.4) is 0 Å². The Balaban J connectivity index is 1.57. The lowest BCUT2D eigenvalue weighted by Crippen LogP contribution is -2.39. The number of aromatic nitrogens is 1. The van der Waals surface area contributed by atoms with Crippen LogP contribution in [-0.4, -0.2) is 17.9 Å². The van der Waals surface area contributed by atoms with Gasteiger partial charge in [-0.1, -0.05) is 18.2 Å². The van der Waals surface area contributed by atoms with E-state index < -0.39 is 0 Å². The van der Waals surface area contributed by atoms with E-state index in [4.69, 9.17) is 4.74 Å². The summed E-state index contributed by atoms with van der Waals surface area (Å²) < 4.78 is 5.64. The van der Waals surface area contributed by atoms with Gasteiger partial charge in [-0.2, -0.15) is 0 Å². The predicted octanol–water partition coefficient (Wildman–Crippen LogP) is 3.50. The molecular weight excluding hydrogens is 322 g/mol. The summed E-state index contributed by atoms with van der Waals surface area (Å²) in [5.74, 6) is 0.531. The minimum Gasteiger partial charge on any atom is -0.487 e. The second-order valence-corrected chi connectivity index (χ2v) is 5.85. The first-order valence-corrected chi connectivity index (χ1v) is 8.36. The molecular formula is C18H17N3O2S. The van der Waals surface area contributed by atoms with E-state index in [2.05, 4.69) is 10.4 Å². The maximum Gasteiger partial charge on any atom is 0.269 e. The van der Waals surface area contributed by atoms with E-state index in [1.54, 1.807) is 41.8 Å². The fourth-order valence-electron chi connectivity index (χ4n) is 2.10. The number of carbonyl (C=O) groups is 1. The molecule has 0 unspecified atom stereocenters. The maximum atomic E-state index is 12.3. The van der Waals surface area contributed by atoms with Crippen LogP contribution >= 0.6 is 11.3 Å². The van der Waals surface area contributed by atoms with Crippen LogP contribution < -0.4 is 15.2 Å². The molecule has 1 heterocycles. The predicted molar refractivity (Wildman–Crippen MR) is 95.2 cm³/mol. The summed E-state index contributed by atoms with van der Waals surface area (Å²) >= 11 is 1.54. The van der Waals surface area contributed by atoms with Crippen molar-refractivity contribution < 1.29 is 9.53 Å². The van der Waals surface area contributed by atoms with E-state index in [9.17, 15) is 4.79 Å². The summed E-state index contributed by atoms with van der Waals surface area (Å²) in [7, 11) is 1.80. The van der Waals surface area contributed by atoms with Crippen molar-refractivity contribution in [3.63, 3.8) is 0 Å². The fraction of sp³-hybridized carbons (Fsp3) is 0.111. The number of nitrogens with zero attached hydrogens (tertiary/aromatic N) is 2. The largest absolute Gasteiger partial charge is 0.487 e. The number of anilines is 1. The summed E-state index contributed by atoms with van der Waals surface area (Å²) in [5.41, 5.74) is 6.98. The van der Waals surface area contributed by atoms with E-state index >= 15 is 0 Å². The first-order chi connectivity index (χ1) is 11.7. The molecule has 2 aromatic carbocycles. The van der Waals surface area contributed by atoms with Crippen molar-refractivity contribution in [2.45, 2.75) is 6.61 Å². The van der Waals surface area contributed by atoms with Crippen LogP contribution in [0.4, 0.5) is 5.69 Å². The SMILES string of the molecule is CN(NC(=O)c1ccc(OCc2cscn2)cc1)c1ccccc1. The van der Waals surface area contributed by atoms with Gasteiger partial charge in [0.2, 0.25) is 0 Å². The van der Waals surface area contributed by atoms with Gasteiger partial charge in [-0.25, -0.2) is 4.98 Å². The smallest absolute Gasteiger partial charge is 0.269 e. The number of hydrogen-bond acceptors (Lipinski definition) is 5. The average Bonchev–Trinajstić information content (AvgIpc) is 3.14. The lowest BCUT2D eigenvalue weighted by atomic mass is 10.2. The molecule has 0 spiro atoms. The highest BCUT2D eigenvalue weighted by atomic mass is 32.1. The van der Waals surface area contributed by atoms with Crippen molar-refractivity contribution in [3.05, 3.63) is 76.7 Å². The van der Waals surface area contributed by atoms with Gasteiger partial charge >= 0.3 is 0 Å². The van der Waals surface area contributed by atoms with Crippen LogP contribution in [0, 0.1) is 0 Å². The molecule has 24 heavy (non-hydrogen) atoms. The van der Waals surface area contributed by atoms with Crippen molar-refractivity contribution in [1.29, 1.82) is 0 Å². The van der Waals surface area contributed by atoms with Gasteiger partial charge in [0.1, 0.15) is 12.4 Å². The molecule has 122 valence electrons. The molecule has 1 N–H and O–H groups in total. The molecule has 0 saturated heterocycles. The third kappa shape index (κ3) is 4.11. The molecule has 0 saturated carbocycles. The standard InChI is InChI=1S/C18H17N3O2S/c1-21(16-5-3-2-4-6-16)20-18(22)14-7-9-17(10-8-14)23-11-15-12-24-13-19-15/h2-10,12-13H,11H2,1H3,(H,20,22). The minimum absolute atomic E-state index is 0.174. The molecule has 3 aromatic rings. The van der Waals surface area contributed by atoms with Crippen LogP contribution in [0.1, 0.15) is 16.1 Å². The molecule has 0 bridgehead atoms. The molecule has 0 radical (unpaired) electrons. The number of nitrogens with one attached hydrogen (secondary N) is 1. The molecule has 0 atom stereocenters. The van der Waals surface area contributed by atoms with Gasteiger partial charge in [0, 0.05) is 18.0 Å². The quantitative estimate of drug-likeness (QED) is 0.698. The van der Waals surface area contributed by atoms with Gasteiger partial charge in [-0.15, -0.1) is 11.3 Å². The van der Waals surface area contributed by atoms with E-state index in [-0.39, 0.29) is 5.91 Å². The van der Waals surface area contributed by atoms with Gasteiger partial charge in [0.05, 0.1) is 16.9 Å². The van der Waals surface area contributed by atoms with Crippen LogP contribution in [-0.2, 0) is 6.61 Å². The number of amides is 1. The molecule has 5 nitrogen and oxygen atoms in total. The molecule has 6 heteroatoms. The molecule has 3 rings (SSSR count). The van der Waals surface area contributed by atoms with Crippen molar-refractivity contribution in [2.24, 2.45) is 0 Å². The van der Waals surface area contributed by atoms with Crippen molar-refractivity contribution in [1.82, 2.24) is 10.4 Å². The van der Waals surface area contributed by atoms with Crippen molar-refractivity contribution in [2.75, 3.05) is 12.1 Å². The number of ether oxygens (including phenoxy) is 1. The zero-order valence-electron chi connectivity index (χ0n) is 13.2. The fourth-order valence-corrected chi connectivity index (χ4v) is 2.64. The number of benzene rings is 2. The average molecular weight is 339 g/mol. The number of hydrogen-bond donors (Lipinski definition) is 1. The first-order valence-electron chi connectivity index (χ1n) is 7.42. The molecule has 0 fully saturated rings. The Labute approximate surface area is 144 Å². The van der Waals surface area contributed by atoms with E-state index in [0.29, 0.717) is 17.9 Å². The van der Waals surface area contributed by atoms with Gasteiger partial charge in [-0.05, 0) is 36.4 Å². The van der Waals surface area contributed by atoms with Gasteiger partial charge in [-0.3, -0.25) is 15.2 Å². The summed E-state index contributed by atoms with van der Waals surface area (Å²) in [5, 5.41) is 3.64. The second-order valence-electron chi connectivity index (χ2n) is 5.13. The summed E-state index contributed by atoms with van der Waals surface area (Å²) in [6, 6.07) is 16.7. The van der Waals surface area contributed by atoms with Crippen molar-refractivity contribution in [3.8, 4) is 5.75 Å². The van der Waals surface area contributed by atoms with Crippen LogP contribution in [0.25, 0.3) is 0 Å². The number of hydrazine groups is 1. The Kier molecular flexibility index (Phi) is 5.08. The van der Waals surface area contributed by atoms with E-state index in [0.717, 1.165) is 11.4 Å². The van der Waals surface area contributed by atoms with Gasteiger partial charge in [0.25, 0.3) is 5.91 Å². The number of para-hydroxylation sites is 1. The van der Waals surface area contributed by atoms with Crippen LogP contribution in [0.2, 0.25) is 0 Å². The highest BCUT2D eigenvalue weighted by Crippen LogP contribution is 2.15. The Hall–Kier alpha value is -2.86. The monoisotopic (exact) mass is 339 g/mol. The third-order valence-corrected chi connectivity index (χ3v) is 4.03. The Morgan fingerprint density at radius 3 is 2.58 bits per heavy atom. The van der Waals surface area contributed by atoms with Crippen molar-refractivity contribution >= 4 is 22.9 Å². The molecule has 1 aromatic heterocycles. The minimum atomic E-state index is -0.174. The topological polar surface area (TPSA) is 54.5 Å². The lowest BCUT2D eigenvalue weighted by molar-refractivity contribution is 0.0951. The zero-order valence-corrected chi connectivity index (χ0v) is 14.0. The molecule has 0 aliphatic heterocycles. The first kappa shape index (κ1) is 16.0. The Bertz CT molecular complexity index is 774. The molecule has 1 amide bonds. The summed E-state index contributed by atoms with van der Waals surface area (Å²) in [6.07, 6.45) is 0. The van der Waals surface area contributed by atoms with Crippen LogP contribution in [0.5, 0.6) is 5.75 Å². The van der Waals surface area contributed by atoms with Crippen LogP contribution in [0.15, 0.2) is 65.5 Å². The maximum absolute atomic E-state index is 12.3. The van der Waals surface area contributed by atoms with Gasteiger partial charge in [0.15, 0.2) is 0 Å². The summed E-state index contributed by atoms with van der Waals surface area (Å²) in [6.45, 7) is 0.422. The van der Waals surface area contributed by atoms with E-state index in [1.165, 1.54) is 11.3 Å². The lowest BCUT2D eigenvalue weighted by Gasteiger charge is -2.20. The Morgan fingerprint density at radius 2 is 1.92 bits per heavy atom. The highest BCUT2D eigenvalue weighted by molar-refractivity contribution is 7.07. The zero-order chi connectivity index (χ0) is 16.8. The number of thiazole rings is 1. The van der Waals surface area contributed by atoms with Gasteiger partial charge < -0.3 is 4.74 Å². The molecule has 0 aliphatic carbocycles. The second kappa shape index (κ2) is 7.61. The summed E-state index contributed by atoms with van der Waals surface area (Å²) in [4.78, 5) is 16.4. The number of carbonyl (C=O) groups excluding carboxylic acids is 1. The Morgan fingerprint density at radius 1 is 1.17 bits per heavy atom. The molecule has 0 aliphatic rings. The third-order valence-electron chi connectivity index (χ3n) is 3.40. The number of rotatable bonds is 6. The highest BCUT2D eigenvalue weighted by Gasteiger charge is 2.09.